The molecular weight excluding hydrogens is 378 g/mol. The smallest absolute Gasteiger partial charge is 0.307 e. The van der Waals surface area contributed by atoms with Crippen LogP contribution in [0, 0.1) is 11.6 Å². The molecule has 138 valence electrons. The van der Waals surface area contributed by atoms with Gasteiger partial charge in [-0.1, -0.05) is 6.07 Å². The van der Waals surface area contributed by atoms with Gasteiger partial charge in [0, 0.05) is 0 Å². The first-order valence-electron chi connectivity index (χ1n) is 7.95. The molecule has 1 amide bonds. The van der Waals surface area contributed by atoms with E-state index < -0.39 is 36.0 Å². The van der Waals surface area contributed by atoms with Crippen molar-refractivity contribution in [3.63, 3.8) is 0 Å². The summed E-state index contributed by atoms with van der Waals surface area (Å²) in [7, 11) is 0. The Bertz CT molecular complexity index is 1070. The largest absolute Gasteiger partial charge is 0.481 e. The fourth-order valence-electron chi connectivity index (χ4n) is 2.93. The van der Waals surface area contributed by atoms with Crippen molar-refractivity contribution in [3.05, 3.63) is 53.0 Å². The summed E-state index contributed by atoms with van der Waals surface area (Å²) in [5, 5.41) is 9.48. The van der Waals surface area contributed by atoms with Gasteiger partial charge in [-0.2, -0.15) is 0 Å². The molecule has 1 unspecified atom stereocenters. The second-order valence-corrected chi connectivity index (χ2v) is 7.05. The Morgan fingerprint density at radius 1 is 1.30 bits per heavy atom. The van der Waals surface area contributed by atoms with Gasteiger partial charge >= 0.3 is 5.97 Å². The van der Waals surface area contributed by atoms with Crippen LogP contribution in [0.5, 0.6) is 5.75 Å². The van der Waals surface area contributed by atoms with Gasteiger partial charge in [0.05, 0.1) is 23.2 Å². The van der Waals surface area contributed by atoms with Crippen molar-refractivity contribution in [2.24, 2.45) is 0 Å². The number of carboxylic acids is 1. The molecule has 0 saturated heterocycles. The molecule has 1 N–H and O–H groups in total. The number of thiazole rings is 1. The normalized spacial score (nSPS) is 16.3. The van der Waals surface area contributed by atoms with Crippen LogP contribution >= 0.6 is 11.3 Å². The van der Waals surface area contributed by atoms with E-state index in [0.717, 1.165) is 4.90 Å². The molecule has 0 saturated carbocycles. The first-order chi connectivity index (χ1) is 12.9. The third-order valence-electron chi connectivity index (χ3n) is 4.08. The summed E-state index contributed by atoms with van der Waals surface area (Å²) in [5.41, 5.74) is 0.502. The number of aromatic nitrogens is 1. The van der Waals surface area contributed by atoms with Gasteiger partial charge in [-0.15, -0.1) is 11.3 Å². The highest BCUT2D eigenvalue weighted by atomic mass is 32.1. The van der Waals surface area contributed by atoms with Crippen LogP contribution < -0.4 is 9.64 Å². The van der Waals surface area contributed by atoms with Crippen molar-refractivity contribution in [1.82, 2.24) is 4.98 Å². The van der Waals surface area contributed by atoms with Crippen molar-refractivity contribution in [1.29, 1.82) is 0 Å². The topological polar surface area (TPSA) is 79.7 Å². The zero-order valence-corrected chi connectivity index (χ0v) is 14.5. The number of rotatable bonds is 4. The highest BCUT2D eigenvalue weighted by Crippen LogP contribution is 2.38. The van der Waals surface area contributed by atoms with E-state index in [1.54, 1.807) is 0 Å². The maximum atomic E-state index is 14.4. The van der Waals surface area contributed by atoms with E-state index in [1.165, 1.54) is 47.7 Å². The van der Waals surface area contributed by atoms with Crippen LogP contribution in [0.1, 0.15) is 11.4 Å². The molecule has 0 spiro atoms. The summed E-state index contributed by atoms with van der Waals surface area (Å²) in [6, 6.07) is 8.21. The first-order valence-corrected chi connectivity index (χ1v) is 8.77. The molecule has 1 atom stereocenters. The average Bonchev–Trinajstić information content (AvgIpc) is 2.99. The molecule has 0 fully saturated rings. The van der Waals surface area contributed by atoms with Gasteiger partial charge in [-0.25, -0.2) is 13.8 Å². The molecule has 6 nitrogen and oxygen atoms in total. The number of aliphatic carboxylic acids is 1. The third kappa shape index (κ3) is 3.21. The molecular formula is C18H12F2N2O4S. The number of hydrogen-bond donors (Lipinski definition) is 1. The number of ether oxygens (including phenoxy) is 1. The predicted molar refractivity (Wildman–Crippen MR) is 93.8 cm³/mol. The quantitative estimate of drug-likeness (QED) is 0.739. The zero-order valence-electron chi connectivity index (χ0n) is 13.7. The minimum Gasteiger partial charge on any atom is -0.481 e. The molecule has 1 aromatic heterocycles. The van der Waals surface area contributed by atoms with Crippen LogP contribution in [0.4, 0.5) is 14.5 Å². The van der Waals surface area contributed by atoms with Crippen LogP contribution in [0.3, 0.4) is 0 Å². The Balaban J connectivity index is 1.74. The van der Waals surface area contributed by atoms with Gasteiger partial charge in [-0.3, -0.25) is 14.5 Å². The van der Waals surface area contributed by atoms with Crippen molar-refractivity contribution in [2.45, 2.75) is 19.1 Å². The molecule has 9 heteroatoms. The van der Waals surface area contributed by atoms with Gasteiger partial charge in [0.25, 0.3) is 5.91 Å². The van der Waals surface area contributed by atoms with Crippen molar-refractivity contribution >= 4 is 39.1 Å². The number of para-hydroxylation sites is 1. The monoisotopic (exact) mass is 390 g/mol. The summed E-state index contributed by atoms with van der Waals surface area (Å²) >= 11 is 1.18. The number of carbonyl (C=O) groups excluding carboxylic acids is 1. The molecule has 1 aliphatic rings. The van der Waals surface area contributed by atoms with Crippen molar-refractivity contribution < 1.29 is 28.2 Å². The lowest BCUT2D eigenvalue weighted by Gasteiger charge is -2.33. The van der Waals surface area contributed by atoms with E-state index in [-0.39, 0.29) is 18.0 Å². The van der Waals surface area contributed by atoms with Crippen LogP contribution in [0.25, 0.3) is 10.2 Å². The number of carbonyl (C=O) groups is 2. The Kier molecular flexibility index (Phi) is 4.23. The van der Waals surface area contributed by atoms with E-state index in [4.69, 9.17) is 9.84 Å². The number of anilines is 1. The molecule has 2 heterocycles. The number of carboxylic acid groups (broad SMARTS) is 1. The van der Waals surface area contributed by atoms with Gasteiger partial charge in [0.2, 0.25) is 0 Å². The molecule has 1 aliphatic heterocycles. The lowest BCUT2D eigenvalue weighted by Crippen LogP contribution is -2.46. The van der Waals surface area contributed by atoms with Gasteiger partial charge in [0.15, 0.2) is 11.9 Å². The number of nitrogens with zero attached hydrogens (tertiary/aromatic N) is 2. The number of fused-ring (bicyclic) bond motifs is 2. The fourth-order valence-corrected chi connectivity index (χ4v) is 3.92. The standard InChI is InChI=1S/C18H12F2N2O4S/c19-9-4-5-11-14(6-9)27-15(21-11)8-22-17-10(20)2-1-3-12(17)26-13(18(22)25)7-16(23)24/h1-6,13H,7-8H2,(H,23,24). The van der Waals surface area contributed by atoms with Crippen LogP contribution in [0.2, 0.25) is 0 Å². The predicted octanol–water partition coefficient (Wildman–Crippen LogP) is 3.34. The highest BCUT2D eigenvalue weighted by Gasteiger charge is 2.38. The van der Waals surface area contributed by atoms with Gasteiger partial charge in [-0.05, 0) is 30.3 Å². The Morgan fingerprint density at radius 2 is 2.11 bits per heavy atom. The minimum absolute atomic E-state index is 0.0606. The van der Waals surface area contributed by atoms with Gasteiger partial charge < -0.3 is 9.84 Å². The van der Waals surface area contributed by atoms with Crippen molar-refractivity contribution in [3.8, 4) is 5.75 Å². The molecule has 4 rings (SSSR count). The summed E-state index contributed by atoms with van der Waals surface area (Å²) in [4.78, 5) is 29.3. The fraction of sp³-hybridized carbons (Fsp3) is 0.167. The number of benzene rings is 2. The summed E-state index contributed by atoms with van der Waals surface area (Å²) in [5.74, 6) is -2.85. The Morgan fingerprint density at radius 3 is 2.89 bits per heavy atom. The first kappa shape index (κ1) is 17.3. The molecule has 2 aromatic carbocycles. The van der Waals surface area contributed by atoms with Crippen molar-refractivity contribution in [2.75, 3.05) is 4.90 Å². The minimum atomic E-state index is -1.26. The van der Waals surface area contributed by atoms with E-state index >= 15 is 0 Å². The third-order valence-corrected chi connectivity index (χ3v) is 5.08. The maximum Gasteiger partial charge on any atom is 0.307 e. The Labute approximate surface area is 155 Å². The SMILES string of the molecule is O=C(O)CC1Oc2cccc(F)c2N(Cc2nc3ccc(F)cc3s2)C1=O. The van der Waals surface area contributed by atoms with E-state index in [2.05, 4.69) is 4.98 Å². The summed E-state index contributed by atoms with van der Waals surface area (Å²) < 4.78 is 33.8. The van der Waals surface area contributed by atoms with E-state index in [0.29, 0.717) is 15.2 Å². The molecule has 0 aliphatic carbocycles. The average molecular weight is 390 g/mol. The van der Waals surface area contributed by atoms with Gasteiger partial charge in [0.1, 0.15) is 22.3 Å². The molecule has 27 heavy (non-hydrogen) atoms. The summed E-state index contributed by atoms with van der Waals surface area (Å²) in [6.45, 7) is -0.0762. The second-order valence-electron chi connectivity index (χ2n) is 5.93. The zero-order chi connectivity index (χ0) is 19.1. The molecule has 0 radical (unpaired) electrons. The van der Waals surface area contributed by atoms with Crippen LogP contribution in [-0.2, 0) is 16.1 Å². The summed E-state index contributed by atoms with van der Waals surface area (Å²) in [6.07, 6.45) is -1.81. The maximum absolute atomic E-state index is 14.4. The van der Waals surface area contributed by atoms with E-state index in [9.17, 15) is 18.4 Å². The lowest BCUT2D eigenvalue weighted by molar-refractivity contribution is -0.142. The number of halogens is 2. The molecule has 3 aromatic rings. The Hall–Kier alpha value is -3.07. The molecule has 0 bridgehead atoms. The lowest BCUT2D eigenvalue weighted by atomic mass is 10.1. The van der Waals surface area contributed by atoms with E-state index in [1.807, 2.05) is 0 Å². The van der Waals surface area contributed by atoms with Crippen LogP contribution in [-0.4, -0.2) is 28.1 Å². The highest BCUT2D eigenvalue weighted by molar-refractivity contribution is 7.18. The van der Waals surface area contributed by atoms with Crippen LogP contribution in [0.15, 0.2) is 36.4 Å². The second kappa shape index (κ2) is 6.58. The number of amides is 1. The number of hydrogen-bond acceptors (Lipinski definition) is 5.